The van der Waals surface area contributed by atoms with E-state index in [-0.39, 0.29) is 5.78 Å². The van der Waals surface area contributed by atoms with E-state index in [2.05, 4.69) is 4.98 Å². The molecule has 3 rings (SSSR count). The van der Waals surface area contributed by atoms with E-state index < -0.39 is 0 Å². The number of aromatic nitrogens is 1. The SMILES string of the molecule is CC(=O)c1ccc(-c2cccc3cccnc23)o1. The standard InChI is InChI=1S/C15H11NO2/c1-10(17)13-7-8-14(18-13)12-6-2-4-11-5-3-9-16-15(11)12/h2-9H,1H3. The van der Waals surface area contributed by atoms with Crippen molar-refractivity contribution < 1.29 is 9.21 Å². The Morgan fingerprint density at radius 1 is 1.11 bits per heavy atom. The summed E-state index contributed by atoms with van der Waals surface area (Å²) in [5.41, 5.74) is 1.78. The van der Waals surface area contributed by atoms with Gasteiger partial charge in [0.2, 0.25) is 0 Å². The molecule has 88 valence electrons. The lowest BCUT2D eigenvalue weighted by Crippen LogP contribution is -1.86. The molecule has 3 aromatic rings. The predicted octanol–water partition coefficient (Wildman–Crippen LogP) is 3.70. The number of Topliss-reactive ketones (excluding diaryl/α,β-unsaturated/α-hetero) is 1. The minimum atomic E-state index is -0.0746. The Morgan fingerprint density at radius 3 is 2.72 bits per heavy atom. The average Bonchev–Trinajstić information content (AvgIpc) is 2.87. The number of para-hydroxylation sites is 1. The zero-order valence-corrected chi connectivity index (χ0v) is 9.88. The Bertz CT molecular complexity index is 723. The molecule has 0 atom stereocenters. The van der Waals surface area contributed by atoms with Crippen LogP contribution < -0.4 is 0 Å². The zero-order valence-electron chi connectivity index (χ0n) is 9.88. The molecule has 18 heavy (non-hydrogen) atoms. The number of furan rings is 1. The molecule has 0 saturated carbocycles. The molecular formula is C15H11NO2. The molecule has 2 aromatic heterocycles. The summed E-state index contributed by atoms with van der Waals surface area (Å²) in [6, 6.07) is 13.3. The van der Waals surface area contributed by atoms with Gasteiger partial charge in [-0.05, 0) is 24.3 Å². The number of benzene rings is 1. The molecule has 0 aliphatic heterocycles. The van der Waals surface area contributed by atoms with Crippen molar-refractivity contribution in [1.82, 2.24) is 4.98 Å². The average molecular weight is 237 g/mol. The van der Waals surface area contributed by atoms with E-state index in [1.807, 2.05) is 30.3 Å². The van der Waals surface area contributed by atoms with Crippen molar-refractivity contribution in [3.8, 4) is 11.3 Å². The van der Waals surface area contributed by atoms with Crippen molar-refractivity contribution in [2.75, 3.05) is 0 Å². The molecule has 1 aromatic carbocycles. The van der Waals surface area contributed by atoms with Gasteiger partial charge >= 0.3 is 0 Å². The quantitative estimate of drug-likeness (QED) is 0.638. The lowest BCUT2D eigenvalue weighted by molar-refractivity contribution is 0.0988. The van der Waals surface area contributed by atoms with Gasteiger partial charge in [-0.1, -0.05) is 18.2 Å². The van der Waals surface area contributed by atoms with Gasteiger partial charge in [0.25, 0.3) is 0 Å². The van der Waals surface area contributed by atoms with Crippen LogP contribution in [0.15, 0.2) is 53.1 Å². The maximum absolute atomic E-state index is 11.2. The van der Waals surface area contributed by atoms with Crippen LogP contribution in [0.3, 0.4) is 0 Å². The minimum absolute atomic E-state index is 0.0746. The second kappa shape index (κ2) is 4.11. The first-order valence-electron chi connectivity index (χ1n) is 5.70. The molecule has 0 saturated heterocycles. The van der Waals surface area contributed by atoms with Gasteiger partial charge in [0.1, 0.15) is 5.76 Å². The van der Waals surface area contributed by atoms with Crippen molar-refractivity contribution in [2.45, 2.75) is 6.92 Å². The van der Waals surface area contributed by atoms with E-state index in [9.17, 15) is 4.79 Å². The van der Waals surface area contributed by atoms with Crippen molar-refractivity contribution >= 4 is 16.7 Å². The number of fused-ring (bicyclic) bond motifs is 1. The van der Waals surface area contributed by atoms with Crippen LogP contribution >= 0.6 is 0 Å². The van der Waals surface area contributed by atoms with Gasteiger partial charge in [0, 0.05) is 24.1 Å². The van der Waals surface area contributed by atoms with Gasteiger partial charge in [0.15, 0.2) is 11.5 Å². The first-order chi connectivity index (χ1) is 8.75. The highest BCUT2D eigenvalue weighted by atomic mass is 16.3. The van der Waals surface area contributed by atoms with Crippen LogP contribution in [0.25, 0.3) is 22.2 Å². The molecule has 3 heteroatoms. The van der Waals surface area contributed by atoms with Gasteiger partial charge in [0.05, 0.1) is 5.52 Å². The molecule has 0 unspecified atom stereocenters. The fourth-order valence-electron chi connectivity index (χ4n) is 1.97. The van der Waals surface area contributed by atoms with Gasteiger partial charge in [-0.15, -0.1) is 0 Å². The molecule has 0 fully saturated rings. The fraction of sp³-hybridized carbons (Fsp3) is 0.0667. The summed E-state index contributed by atoms with van der Waals surface area (Å²) in [7, 11) is 0. The fourth-order valence-corrected chi connectivity index (χ4v) is 1.97. The van der Waals surface area contributed by atoms with Crippen LogP contribution in [0.2, 0.25) is 0 Å². The molecule has 0 radical (unpaired) electrons. The van der Waals surface area contributed by atoms with E-state index in [1.165, 1.54) is 6.92 Å². The van der Waals surface area contributed by atoms with E-state index in [1.54, 1.807) is 18.3 Å². The summed E-state index contributed by atoms with van der Waals surface area (Å²) < 4.78 is 5.55. The van der Waals surface area contributed by atoms with Gasteiger partial charge < -0.3 is 4.42 Å². The van der Waals surface area contributed by atoms with Crippen LogP contribution in [0.5, 0.6) is 0 Å². The van der Waals surface area contributed by atoms with Gasteiger partial charge in [-0.3, -0.25) is 9.78 Å². The van der Waals surface area contributed by atoms with Gasteiger partial charge in [-0.2, -0.15) is 0 Å². The third-order valence-corrected chi connectivity index (χ3v) is 2.85. The van der Waals surface area contributed by atoms with Crippen LogP contribution in [0.4, 0.5) is 0 Å². The molecule has 0 aliphatic rings. The minimum Gasteiger partial charge on any atom is -0.453 e. The van der Waals surface area contributed by atoms with Crippen molar-refractivity contribution in [2.24, 2.45) is 0 Å². The number of pyridine rings is 1. The lowest BCUT2D eigenvalue weighted by atomic mass is 10.1. The molecule has 0 amide bonds. The Kier molecular flexibility index (Phi) is 2.45. The first-order valence-corrected chi connectivity index (χ1v) is 5.70. The first kappa shape index (κ1) is 10.7. The molecule has 0 bridgehead atoms. The number of carbonyl (C=O) groups is 1. The predicted molar refractivity (Wildman–Crippen MR) is 69.4 cm³/mol. The normalized spacial score (nSPS) is 10.7. The highest BCUT2D eigenvalue weighted by Gasteiger charge is 2.11. The molecule has 2 heterocycles. The summed E-state index contributed by atoms with van der Waals surface area (Å²) >= 11 is 0. The van der Waals surface area contributed by atoms with Gasteiger partial charge in [-0.25, -0.2) is 0 Å². The van der Waals surface area contributed by atoms with Crippen molar-refractivity contribution in [3.05, 3.63) is 54.4 Å². The highest BCUT2D eigenvalue weighted by Crippen LogP contribution is 2.28. The number of hydrogen-bond donors (Lipinski definition) is 0. The molecule has 0 N–H and O–H groups in total. The van der Waals surface area contributed by atoms with Crippen LogP contribution in [-0.2, 0) is 0 Å². The second-order valence-corrected chi connectivity index (χ2v) is 4.10. The second-order valence-electron chi connectivity index (χ2n) is 4.10. The topological polar surface area (TPSA) is 43.1 Å². The Balaban J connectivity index is 2.21. The summed E-state index contributed by atoms with van der Waals surface area (Å²) in [4.78, 5) is 15.6. The Labute approximate surface area is 104 Å². The maximum atomic E-state index is 11.2. The maximum Gasteiger partial charge on any atom is 0.194 e. The van der Waals surface area contributed by atoms with Crippen LogP contribution in [0, 0.1) is 0 Å². The monoisotopic (exact) mass is 237 g/mol. The third kappa shape index (κ3) is 1.70. The van der Waals surface area contributed by atoms with E-state index in [0.29, 0.717) is 11.5 Å². The van der Waals surface area contributed by atoms with E-state index >= 15 is 0 Å². The number of hydrogen-bond acceptors (Lipinski definition) is 3. The zero-order chi connectivity index (χ0) is 12.5. The number of nitrogens with zero attached hydrogens (tertiary/aromatic N) is 1. The van der Waals surface area contributed by atoms with E-state index in [0.717, 1.165) is 16.5 Å². The Morgan fingerprint density at radius 2 is 1.94 bits per heavy atom. The van der Waals surface area contributed by atoms with Crippen molar-refractivity contribution in [1.29, 1.82) is 0 Å². The Hall–Kier alpha value is -2.42. The lowest BCUT2D eigenvalue weighted by Gasteiger charge is -2.02. The third-order valence-electron chi connectivity index (χ3n) is 2.85. The van der Waals surface area contributed by atoms with E-state index in [4.69, 9.17) is 4.42 Å². The van der Waals surface area contributed by atoms with Crippen LogP contribution in [-0.4, -0.2) is 10.8 Å². The number of carbonyl (C=O) groups excluding carboxylic acids is 1. The molecule has 3 nitrogen and oxygen atoms in total. The molecule has 0 spiro atoms. The number of ketones is 1. The number of rotatable bonds is 2. The smallest absolute Gasteiger partial charge is 0.194 e. The summed E-state index contributed by atoms with van der Waals surface area (Å²) in [6.45, 7) is 1.49. The molecule has 0 aliphatic carbocycles. The largest absolute Gasteiger partial charge is 0.453 e. The van der Waals surface area contributed by atoms with Crippen molar-refractivity contribution in [3.63, 3.8) is 0 Å². The molecular weight excluding hydrogens is 226 g/mol. The summed E-state index contributed by atoms with van der Waals surface area (Å²) in [5.74, 6) is 0.969. The summed E-state index contributed by atoms with van der Waals surface area (Å²) in [5, 5.41) is 1.05. The van der Waals surface area contributed by atoms with Crippen LogP contribution in [0.1, 0.15) is 17.5 Å². The highest BCUT2D eigenvalue weighted by molar-refractivity contribution is 5.94. The summed E-state index contributed by atoms with van der Waals surface area (Å²) in [6.07, 6.45) is 1.75.